The van der Waals surface area contributed by atoms with Crippen LogP contribution in [0.3, 0.4) is 0 Å². The van der Waals surface area contributed by atoms with Crippen LogP contribution in [0.2, 0.25) is 0 Å². The second-order valence-corrected chi connectivity index (χ2v) is 12.3. The van der Waals surface area contributed by atoms with Crippen molar-refractivity contribution in [3.05, 3.63) is 77.6 Å². The molecule has 4 heterocycles. The Morgan fingerprint density at radius 1 is 1.02 bits per heavy atom. The zero-order chi connectivity index (χ0) is 29.9. The topological polar surface area (TPSA) is 73.7 Å². The zero-order valence-electron chi connectivity index (χ0n) is 25.3. The van der Waals surface area contributed by atoms with Crippen molar-refractivity contribution < 1.29 is 14.0 Å². The lowest BCUT2D eigenvalue weighted by Gasteiger charge is -2.41. The summed E-state index contributed by atoms with van der Waals surface area (Å²) < 4.78 is 15.9. The largest absolute Gasteiger partial charge is 0.336 e. The summed E-state index contributed by atoms with van der Waals surface area (Å²) in [4.78, 5) is 37.2. The number of anilines is 2. The first-order valence-electron chi connectivity index (χ1n) is 15.9. The summed E-state index contributed by atoms with van der Waals surface area (Å²) in [6.45, 7) is 7.15. The van der Waals surface area contributed by atoms with Gasteiger partial charge in [0.15, 0.2) is 0 Å². The van der Waals surface area contributed by atoms with E-state index in [9.17, 15) is 14.0 Å². The molecule has 3 aliphatic rings. The molecule has 2 fully saturated rings. The molecular formula is C34H43FN6O2. The fraction of sp³-hybridized carbons (Fsp3) is 0.500. The number of para-hydroxylation sites is 1. The molecule has 2 bridgehead atoms. The first-order valence-corrected chi connectivity index (χ1v) is 15.9. The van der Waals surface area contributed by atoms with Gasteiger partial charge in [0.05, 0.1) is 12.2 Å². The third-order valence-corrected chi connectivity index (χ3v) is 9.48. The number of carbonyl (C=O) groups excluding carboxylic acids is 2. The first kappa shape index (κ1) is 29.4. The van der Waals surface area contributed by atoms with Crippen LogP contribution >= 0.6 is 0 Å². The van der Waals surface area contributed by atoms with E-state index in [0.717, 1.165) is 62.4 Å². The van der Waals surface area contributed by atoms with E-state index in [1.165, 1.54) is 30.7 Å². The van der Waals surface area contributed by atoms with E-state index in [-0.39, 0.29) is 17.8 Å². The molecule has 1 aromatic heterocycles. The summed E-state index contributed by atoms with van der Waals surface area (Å²) in [6.07, 6.45) is 7.90. The standard InChI is InChI=1S/C34H43FN6O2/c1-3-8-33(42)38-20-17-32-31(23-38)36-24(2)41(32)30-21-28-15-16-29(22-30)39(28)18-7-19-40(27-9-5-4-6-10-27)34(43)37-26-13-11-25(35)12-14-26/h4-6,9-14,28-30H,3,7-8,15-23H2,1-2H3,(H,37,43)/t28-,29+,30?. The van der Waals surface area contributed by atoms with Gasteiger partial charge in [-0.25, -0.2) is 14.2 Å². The average Bonchev–Trinajstić information content (AvgIpc) is 3.46. The molecular weight excluding hydrogens is 543 g/mol. The van der Waals surface area contributed by atoms with Crippen LogP contribution in [0.25, 0.3) is 0 Å². The number of aromatic nitrogens is 2. The van der Waals surface area contributed by atoms with Crippen molar-refractivity contribution in [1.29, 1.82) is 0 Å². The molecule has 1 unspecified atom stereocenters. The molecule has 228 valence electrons. The van der Waals surface area contributed by atoms with Gasteiger partial charge in [-0.1, -0.05) is 25.1 Å². The summed E-state index contributed by atoms with van der Waals surface area (Å²) >= 11 is 0. The number of imidazole rings is 1. The van der Waals surface area contributed by atoms with Crippen molar-refractivity contribution in [1.82, 2.24) is 19.4 Å². The number of hydrogen-bond donors (Lipinski definition) is 1. The minimum Gasteiger partial charge on any atom is -0.336 e. The molecule has 0 saturated carbocycles. The van der Waals surface area contributed by atoms with E-state index < -0.39 is 0 Å². The lowest BCUT2D eigenvalue weighted by molar-refractivity contribution is -0.132. The maximum atomic E-state index is 13.4. The van der Waals surface area contributed by atoms with Crippen molar-refractivity contribution >= 4 is 23.3 Å². The van der Waals surface area contributed by atoms with Crippen molar-refractivity contribution in [3.63, 3.8) is 0 Å². The molecule has 0 radical (unpaired) electrons. The Hall–Kier alpha value is -3.72. The molecule has 3 aromatic rings. The summed E-state index contributed by atoms with van der Waals surface area (Å²) in [5, 5.41) is 2.93. The van der Waals surface area contributed by atoms with Crippen LogP contribution in [-0.4, -0.2) is 63.0 Å². The number of benzene rings is 2. The van der Waals surface area contributed by atoms with Crippen molar-refractivity contribution in [2.75, 3.05) is 29.9 Å². The van der Waals surface area contributed by atoms with Crippen LogP contribution < -0.4 is 10.2 Å². The molecule has 2 aromatic carbocycles. The highest BCUT2D eigenvalue weighted by atomic mass is 19.1. The van der Waals surface area contributed by atoms with E-state index in [0.29, 0.717) is 43.3 Å². The number of piperidine rings is 1. The van der Waals surface area contributed by atoms with Crippen LogP contribution in [0.15, 0.2) is 54.6 Å². The van der Waals surface area contributed by atoms with E-state index >= 15 is 0 Å². The fourth-order valence-corrected chi connectivity index (χ4v) is 7.52. The van der Waals surface area contributed by atoms with Gasteiger partial charge in [0.25, 0.3) is 0 Å². The van der Waals surface area contributed by atoms with Gasteiger partial charge in [0.2, 0.25) is 5.91 Å². The third kappa shape index (κ3) is 6.32. The predicted octanol–water partition coefficient (Wildman–Crippen LogP) is 6.31. The van der Waals surface area contributed by atoms with Crippen molar-refractivity contribution in [2.45, 2.75) is 89.9 Å². The highest BCUT2D eigenvalue weighted by molar-refractivity contribution is 6.01. The molecule has 0 aliphatic carbocycles. The number of rotatable bonds is 9. The van der Waals surface area contributed by atoms with Gasteiger partial charge in [-0.2, -0.15) is 0 Å². The van der Waals surface area contributed by atoms with Crippen LogP contribution in [0.5, 0.6) is 0 Å². The number of amides is 3. The SMILES string of the molecule is CCCC(=O)N1CCc2c(nc(C)n2C2C[C@H]3CC[C@@H](C2)N3CCCN(C(=O)Nc2ccc(F)cc2)c2ccccc2)C1. The van der Waals surface area contributed by atoms with Gasteiger partial charge < -0.3 is 14.8 Å². The Morgan fingerprint density at radius 2 is 1.74 bits per heavy atom. The minimum absolute atomic E-state index is 0.213. The van der Waals surface area contributed by atoms with Crippen LogP contribution in [0, 0.1) is 12.7 Å². The van der Waals surface area contributed by atoms with Crippen LogP contribution in [-0.2, 0) is 17.8 Å². The number of nitrogens with zero attached hydrogens (tertiary/aromatic N) is 5. The van der Waals surface area contributed by atoms with Gasteiger partial charge >= 0.3 is 6.03 Å². The summed E-state index contributed by atoms with van der Waals surface area (Å²) in [7, 11) is 0. The highest BCUT2D eigenvalue weighted by Gasteiger charge is 2.42. The van der Waals surface area contributed by atoms with E-state index in [4.69, 9.17) is 4.98 Å². The summed E-state index contributed by atoms with van der Waals surface area (Å²) in [5.74, 6) is 0.994. The molecule has 2 saturated heterocycles. The quantitative estimate of drug-likeness (QED) is 0.319. The Bertz CT molecular complexity index is 1410. The number of nitrogens with one attached hydrogen (secondary N) is 1. The summed E-state index contributed by atoms with van der Waals surface area (Å²) in [6, 6.07) is 16.9. The number of aryl methyl sites for hydroxylation is 1. The third-order valence-electron chi connectivity index (χ3n) is 9.48. The minimum atomic E-state index is -0.329. The highest BCUT2D eigenvalue weighted by Crippen LogP contribution is 2.42. The summed E-state index contributed by atoms with van der Waals surface area (Å²) in [5.41, 5.74) is 3.84. The lowest BCUT2D eigenvalue weighted by Crippen LogP contribution is -2.45. The van der Waals surface area contributed by atoms with Crippen molar-refractivity contribution in [3.8, 4) is 0 Å². The molecule has 43 heavy (non-hydrogen) atoms. The number of fused-ring (bicyclic) bond motifs is 3. The van der Waals surface area contributed by atoms with E-state index in [1.54, 1.807) is 17.0 Å². The molecule has 3 aliphatic heterocycles. The molecule has 3 amide bonds. The molecule has 9 heteroatoms. The Balaban J connectivity index is 1.08. The Labute approximate surface area is 253 Å². The zero-order valence-corrected chi connectivity index (χ0v) is 25.3. The fourth-order valence-electron chi connectivity index (χ4n) is 7.52. The molecule has 3 atom stereocenters. The van der Waals surface area contributed by atoms with E-state index in [2.05, 4.69) is 28.6 Å². The maximum absolute atomic E-state index is 13.4. The van der Waals surface area contributed by atoms with Gasteiger partial charge in [-0.05, 0) is 81.8 Å². The molecule has 0 spiro atoms. The van der Waals surface area contributed by atoms with Crippen LogP contribution in [0.4, 0.5) is 20.6 Å². The van der Waals surface area contributed by atoms with Gasteiger partial charge in [-0.3, -0.25) is 14.6 Å². The number of carbonyl (C=O) groups is 2. The normalized spacial score (nSPS) is 21.5. The number of urea groups is 1. The maximum Gasteiger partial charge on any atom is 0.326 e. The molecule has 6 rings (SSSR count). The second kappa shape index (κ2) is 12.9. The lowest BCUT2D eigenvalue weighted by atomic mass is 9.95. The molecule has 1 N–H and O–H groups in total. The Morgan fingerprint density at radius 3 is 2.44 bits per heavy atom. The van der Waals surface area contributed by atoms with Gasteiger partial charge in [0, 0.05) is 67.7 Å². The number of hydrogen-bond acceptors (Lipinski definition) is 4. The van der Waals surface area contributed by atoms with E-state index in [1.807, 2.05) is 35.2 Å². The predicted molar refractivity (Wildman–Crippen MR) is 167 cm³/mol. The monoisotopic (exact) mass is 586 g/mol. The average molecular weight is 587 g/mol. The van der Waals surface area contributed by atoms with Crippen LogP contribution in [0.1, 0.15) is 75.1 Å². The first-order chi connectivity index (χ1) is 20.9. The van der Waals surface area contributed by atoms with Crippen molar-refractivity contribution in [2.24, 2.45) is 0 Å². The Kier molecular flexibility index (Phi) is 8.79. The smallest absolute Gasteiger partial charge is 0.326 e. The number of halogens is 1. The van der Waals surface area contributed by atoms with Gasteiger partial charge in [0.1, 0.15) is 11.6 Å². The second-order valence-electron chi connectivity index (χ2n) is 12.3. The van der Waals surface area contributed by atoms with Gasteiger partial charge in [-0.15, -0.1) is 0 Å². The molecule has 8 nitrogen and oxygen atoms in total.